The molecule has 1 aliphatic heterocycles. The molecule has 1 fully saturated rings. The van der Waals surface area contributed by atoms with Gasteiger partial charge in [0.1, 0.15) is 0 Å². The molecule has 3 heteroatoms. The summed E-state index contributed by atoms with van der Waals surface area (Å²) in [5, 5.41) is 3.63. The SMILES string of the molecule is COC(C)CC1(CNC(C)(C)C)CCCOC1. The molecule has 1 heterocycles. The normalized spacial score (nSPS) is 28.1. The van der Waals surface area contributed by atoms with Gasteiger partial charge in [-0.25, -0.2) is 0 Å². The molecule has 0 aliphatic carbocycles. The molecular weight excluding hydrogens is 214 g/mol. The van der Waals surface area contributed by atoms with E-state index in [-0.39, 0.29) is 11.0 Å². The third-order valence-corrected chi connectivity index (χ3v) is 3.52. The first-order valence-electron chi connectivity index (χ1n) is 6.72. The van der Waals surface area contributed by atoms with E-state index in [0.29, 0.717) is 6.10 Å². The Morgan fingerprint density at radius 1 is 1.41 bits per heavy atom. The van der Waals surface area contributed by atoms with Crippen molar-refractivity contribution in [2.24, 2.45) is 5.41 Å². The van der Waals surface area contributed by atoms with Crippen molar-refractivity contribution in [3.8, 4) is 0 Å². The minimum atomic E-state index is 0.167. The molecule has 1 N–H and O–H groups in total. The molecule has 1 saturated heterocycles. The Bertz CT molecular complexity index is 217. The van der Waals surface area contributed by atoms with E-state index in [0.717, 1.165) is 26.2 Å². The maximum absolute atomic E-state index is 5.70. The maximum atomic E-state index is 5.70. The van der Waals surface area contributed by atoms with Gasteiger partial charge in [-0.15, -0.1) is 0 Å². The molecule has 17 heavy (non-hydrogen) atoms. The molecule has 0 radical (unpaired) electrons. The Labute approximate surface area is 106 Å². The van der Waals surface area contributed by atoms with Gasteiger partial charge < -0.3 is 14.8 Å². The second kappa shape index (κ2) is 6.17. The average molecular weight is 243 g/mol. The fourth-order valence-corrected chi connectivity index (χ4v) is 2.43. The van der Waals surface area contributed by atoms with Crippen LogP contribution in [0.5, 0.6) is 0 Å². The highest BCUT2D eigenvalue weighted by Gasteiger charge is 2.35. The van der Waals surface area contributed by atoms with Gasteiger partial charge in [0.15, 0.2) is 0 Å². The van der Waals surface area contributed by atoms with Crippen molar-refractivity contribution >= 4 is 0 Å². The number of hydrogen-bond acceptors (Lipinski definition) is 3. The maximum Gasteiger partial charge on any atom is 0.0549 e. The Hall–Kier alpha value is -0.120. The smallest absolute Gasteiger partial charge is 0.0549 e. The van der Waals surface area contributed by atoms with Crippen LogP contribution in [0.25, 0.3) is 0 Å². The topological polar surface area (TPSA) is 30.5 Å². The minimum Gasteiger partial charge on any atom is -0.382 e. The van der Waals surface area contributed by atoms with Gasteiger partial charge in [-0.05, 0) is 47.0 Å². The van der Waals surface area contributed by atoms with Crippen LogP contribution in [0.2, 0.25) is 0 Å². The van der Waals surface area contributed by atoms with Crippen LogP contribution < -0.4 is 5.32 Å². The van der Waals surface area contributed by atoms with Crippen molar-refractivity contribution in [3.63, 3.8) is 0 Å². The van der Waals surface area contributed by atoms with Gasteiger partial charge >= 0.3 is 0 Å². The standard InChI is InChI=1S/C14H29NO2/c1-12(16-5)9-14(7-6-8-17-11-14)10-15-13(2,3)4/h12,15H,6-11H2,1-5H3. The molecule has 0 amide bonds. The first-order valence-corrected chi connectivity index (χ1v) is 6.72. The molecule has 0 saturated carbocycles. The van der Waals surface area contributed by atoms with Crippen LogP contribution in [-0.4, -0.2) is 38.5 Å². The number of nitrogens with one attached hydrogen (secondary N) is 1. The van der Waals surface area contributed by atoms with Crippen LogP contribution in [0.15, 0.2) is 0 Å². The van der Waals surface area contributed by atoms with Crippen molar-refractivity contribution in [1.29, 1.82) is 0 Å². The van der Waals surface area contributed by atoms with E-state index in [2.05, 4.69) is 33.0 Å². The van der Waals surface area contributed by atoms with Gasteiger partial charge in [0.2, 0.25) is 0 Å². The van der Waals surface area contributed by atoms with Crippen molar-refractivity contribution in [2.45, 2.75) is 58.6 Å². The summed E-state index contributed by atoms with van der Waals surface area (Å²) in [5.74, 6) is 0. The zero-order valence-corrected chi connectivity index (χ0v) is 12.1. The molecule has 2 unspecified atom stereocenters. The second-order valence-electron chi connectivity index (χ2n) is 6.51. The van der Waals surface area contributed by atoms with Crippen LogP contribution >= 0.6 is 0 Å². The predicted octanol–water partition coefficient (Wildman–Crippen LogP) is 2.60. The summed E-state index contributed by atoms with van der Waals surface area (Å²) in [6.07, 6.45) is 3.79. The molecule has 0 bridgehead atoms. The van der Waals surface area contributed by atoms with Crippen molar-refractivity contribution < 1.29 is 9.47 Å². The molecule has 2 atom stereocenters. The Morgan fingerprint density at radius 3 is 2.59 bits per heavy atom. The highest BCUT2D eigenvalue weighted by Crippen LogP contribution is 2.34. The monoisotopic (exact) mass is 243 g/mol. The van der Waals surface area contributed by atoms with E-state index >= 15 is 0 Å². The zero-order valence-electron chi connectivity index (χ0n) is 12.1. The molecule has 0 spiro atoms. The first kappa shape index (κ1) is 14.9. The first-order chi connectivity index (χ1) is 7.87. The zero-order chi connectivity index (χ0) is 12.9. The van der Waals surface area contributed by atoms with Gasteiger partial charge in [-0.2, -0.15) is 0 Å². The summed E-state index contributed by atoms with van der Waals surface area (Å²) < 4.78 is 11.1. The average Bonchev–Trinajstić information content (AvgIpc) is 2.27. The minimum absolute atomic E-state index is 0.167. The molecule has 0 aromatic carbocycles. The van der Waals surface area contributed by atoms with Gasteiger partial charge in [-0.3, -0.25) is 0 Å². The van der Waals surface area contributed by atoms with E-state index in [9.17, 15) is 0 Å². The molecule has 0 aromatic heterocycles. The van der Waals surface area contributed by atoms with Gasteiger partial charge in [0, 0.05) is 31.2 Å². The quantitative estimate of drug-likeness (QED) is 0.805. The summed E-state index contributed by atoms with van der Waals surface area (Å²) in [4.78, 5) is 0. The molecule has 1 rings (SSSR count). The fourth-order valence-electron chi connectivity index (χ4n) is 2.43. The predicted molar refractivity (Wildman–Crippen MR) is 71.3 cm³/mol. The lowest BCUT2D eigenvalue weighted by molar-refractivity contribution is -0.0410. The van der Waals surface area contributed by atoms with Gasteiger partial charge in [-0.1, -0.05) is 0 Å². The van der Waals surface area contributed by atoms with Crippen molar-refractivity contribution in [1.82, 2.24) is 5.32 Å². The lowest BCUT2D eigenvalue weighted by Gasteiger charge is -2.40. The number of methoxy groups -OCH3 is 1. The van der Waals surface area contributed by atoms with Crippen molar-refractivity contribution in [3.05, 3.63) is 0 Å². The highest BCUT2D eigenvalue weighted by atomic mass is 16.5. The summed E-state index contributed by atoms with van der Waals surface area (Å²) in [6, 6.07) is 0. The molecule has 102 valence electrons. The number of ether oxygens (including phenoxy) is 2. The van der Waals surface area contributed by atoms with Gasteiger partial charge in [0.25, 0.3) is 0 Å². The lowest BCUT2D eigenvalue weighted by Crippen LogP contribution is -2.48. The number of rotatable bonds is 5. The van der Waals surface area contributed by atoms with Gasteiger partial charge in [0.05, 0.1) is 12.7 Å². The lowest BCUT2D eigenvalue weighted by atomic mass is 9.77. The fraction of sp³-hybridized carbons (Fsp3) is 1.00. The van der Waals surface area contributed by atoms with E-state index < -0.39 is 0 Å². The highest BCUT2D eigenvalue weighted by molar-refractivity contribution is 4.88. The molecule has 3 nitrogen and oxygen atoms in total. The summed E-state index contributed by atoms with van der Waals surface area (Å²) in [6.45, 7) is 11.6. The molecular formula is C14H29NO2. The Balaban J connectivity index is 2.58. The van der Waals surface area contributed by atoms with E-state index in [1.54, 1.807) is 7.11 Å². The van der Waals surface area contributed by atoms with E-state index in [1.807, 2.05) is 0 Å². The third kappa shape index (κ3) is 5.36. The van der Waals surface area contributed by atoms with Crippen LogP contribution in [-0.2, 0) is 9.47 Å². The second-order valence-corrected chi connectivity index (χ2v) is 6.51. The van der Waals surface area contributed by atoms with Crippen LogP contribution in [0.4, 0.5) is 0 Å². The van der Waals surface area contributed by atoms with Crippen LogP contribution in [0.1, 0.15) is 47.0 Å². The van der Waals surface area contributed by atoms with E-state index in [1.165, 1.54) is 12.8 Å². The molecule has 1 aliphatic rings. The largest absolute Gasteiger partial charge is 0.382 e. The Kier molecular flexibility index (Phi) is 5.42. The Morgan fingerprint density at radius 2 is 2.12 bits per heavy atom. The molecule has 0 aromatic rings. The number of hydrogen-bond donors (Lipinski definition) is 1. The summed E-state index contributed by atoms with van der Waals surface area (Å²) in [5.41, 5.74) is 0.418. The summed E-state index contributed by atoms with van der Waals surface area (Å²) >= 11 is 0. The van der Waals surface area contributed by atoms with Crippen molar-refractivity contribution in [2.75, 3.05) is 26.9 Å². The van der Waals surface area contributed by atoms with Crippen LogP contribution in [0.3, 0.4) is 0 Å². The third-order valence-electron chi connectivity index (χ3n) is 3.52. The summed E-state index contributed by atoms with van der Waals surface area (Å²) in [7, 11) is 1.79. The van der Waals surface area contributed by atoms with E-state index in [4.69, 9.17) is 9.47 Å². The van der Waals surface area contributed by atoms with Crippen LogP contribution in [0, 0.1) is 5.41 Å².